The van der Waals surface area contributed by atoms with Crippen LogP contribution in [0, 0.1) is 4.77 Å². The van der Waals surface area contributed by atoms with Crippen molar-refractivity contribution in [1.82, 2.24) is 19.7 Å². The third-order valence-electron chi connectivity index (χ3n) is 3.46. The molecule has 1 fully saturated rings. The highest BCUT2D eigenvalue weighted by atomic mass is 32.1. The highest BCUT2D eigenvalue weighted by Crippen LogP contribution is 2.22. The van der Waals surface area contributed by atoms with Gasteiger partial charge in [0.1, 0.15) is 0 Å². The van der Waals surface area contributed by atoms with E-state index in [1.165, 1.54) is 0 Å². The number of piperazine rings is 1. The first-order valence-electron chi connectivity index (χ1n) is 5.49. The van der Waals surface area contributed by atoms with Crippen LogP contribution in [-0.2, 0) is 7.05 Å². The molecule has 2 rings (SSSR count). The number of likely N-dealkylation sites (N-methyl/N-ethyl adjacent to an activating group) is 1. The third kappa shape index (κ3) is 1.87. The Balaban J connectivity index is 2.24. The number of hydrogen-bond acceptors (Lipinski definition) is 4. The van der Waals surface area contributed by atoms with E-state index in [0.717, 1.165) is 25.6 Å². The fourth-order valence-corrected chi connectivity index (χ4v) is 2.16. The number of hydrogen-bond donors (Lipinski definition) is 1. The van der Waals surface area contributed by atoms with Crippen LogP contribution >= 0.6 is 12.2 Å². The minimum atomic E-state index is 0.172. The summed E-state index contributed by atoms with van der Waals surface area (Å²) in [6.45, 7) is 7.51. The maximum atomic E-state index is 5.13. The number of aromatic amines is 1. The number of nitrogens with one attached hydrogen (secondary N) is 1. The molecule has 1 saturated heterocycles. The van der Waals surface area contributed by atoms with Crippen LogP contribution < -0.4 is 4.90 Å². The van der Waals surface area contributed by atoms with Gasteiger partial charge in [-0.2, -0.15) is 0 Å². The van der Waals surface area contributed by atoms with E-state index in [4.69, 9.17) is 12.2 Å². The van der Waals surface area contributed by atoms with E-state index in [2.05, 4.69) is 40.9 Å². The monoisotopic (exact) mass is 241 g/mol. The van der Waals surface area contributed by atoms with Crippen molar-refractivity contribution in [3.05, 3.63) is 4.77 Å². The summed E-state index contributed by atoms with van der Waals surface area (Å²) in [7, 11) is 4.12. The van der Waals surface area contributed by atoms with Crippen LogP contribution in [0.4, 0.5) is 5.95 Å². The van der Waals surface area contributed by atoms with E-state index < -0.39 is 0 Å². The molecule has 0 radical (unpaired) electrons. The number of rotatable bonds is 1. The van der Waals surface area contributed by atoms with Gasteiger partial charge in [0.25, 0.3) is 0 Å². The zero-order chi connectivity index (χ0) is 11.9. The van der Waals surface area contributed by atoms with Crippen molar-refractivity contribution < 1.29 is 0 Å². The van der Waals surface area contributed by atoms with Crippen LogP contribution in [0.3, 0.4) is 0 Å². The van der Waals surface area contributed by atoms with E-state index in [-0.39, 0.29) is 5.54 Å². The normalized spacial score (nSPS) is 21.4. The standard InChI is InChI=1S/C10H19N5S/c1-10(2)7-15(6-5-13(10)3)8-11-12-9(16)14(8)4/h5-7H2,1-4H3,(H,12,16). The molecule has 0 atom stereocenters. The summed E-state index contributed by atoms with van der Waals surface area (Å²) in [6, 6.07) is 0. The zero-order valence-corrected chi connectivity index (χ0v) is 11.1. The first-order chi connectivity index (χ1) is 7.42. The van der Waals surface area contributed by atoms with Crippen molar-refractivity contribution in [2.24, 2.45) is 7.05 Å². The number of nitrogens with zero attached hydrogens (tertiary/aromatic N) is 4. The van der Waals surface area contributed by atoms with Gasteiger partial charge in [-0.3, -0.25) is 9.47 Å². The van der Waals surface area contributed by atoms with Gasteiger partial charge in [-0.25, -0.2) is 5.10 Å². The quantitative estimate of drug-likeness (QED) is 0.745. The van der Waals surface area contributed by atoms with Gasteiger partial charge in [-0.1, -0.05) is 0 Å². The highest BCUT2D eigenvalue weighted by molar-refractivity contribution is 7.71. The van der Waals surface area contributed by atoms with Crippen LogP contribution in [-0.4, -0.2) is 51.9 Å². The molecule has 1 N–H and O–H groups in total. The molecular weight excluding hydrogens is 222 g/mol. The van der Waals surface area contributed by atoms with Crippen molar-refractivity contribution in [2.75, 3.05) is 31.6 Å². The van der Waals surface area contributed by atoms with Crippen LogP contribution in [0.1, 0.15) is 13.8 Å². The van der Waals surface area contributed by atoms with Crippen LogP contribution in [0.2, 0.25) is 0 Å². The molecule has 16 heavy (non-hydrogen) atoms. The average Bonchev–Trinajstić information content (AvgIpc) is 2.53. The topological polar surface area (TPSA) is 40.1 Å². The zero-order valence-electron chi connectivity index (χ0n) is 10.3. The van der Waals surface area contributed by atoms with E-state index in [1.54, 1.807) is 0 Å². The van der Waals surface area contributed by atoms with E-state index in [1.807, 2.05) is 11.6 Å². The largest absolute Gasteiger partial charge is 0.338 e. The van der Waals surface area contributed by atoms with Crippen molar-refractivity contribution in [3.8, 4) is 0 Å². The van der Waals surface area contributed by atoms with Gasteiger partial charge in [0.2, 0.25) is 5.95 Å². The molecule has 2 heterocycles. The van der Waals surface area contributed by atoms with E-state index >= 15 is 0 Å². The molecule has 6 heteroatoms. The lowest BCUT2D eigenvalue weighted by Gasteiger charge is -2.45. The lowest BCUT2D eigenvalue weighted by Crippen LogP contribution is -2.58. The Morgan fingerprint density at radius 3 is 2.50 bits per heavy atom. The van der Waals surface area contributed by atoms with Crippen LogP contribution in [0.15, 0.2) is 0 Å². The molecule has 1 aliphatic heterocycles. The molecule has 0 unspecified atom stereocenters. The molecule has 0 aromatic carbocycles. The number of H-pyrrole nitrogens is 1. The summed E-state index contributed by atoms with van der Waals surface area (Å²) >= 11 is 5.13. The molecule has 1 aromatic heterocycles. The molecule has 5 nitrogen and oxygen atoms in total. The van der Waals surface area contributed by atoms with Gasteiger partial charge >= 0.3 is 0 Å². The maximum Gasteiger partial charge on any atom is 0.225 e. The van der Waals surface area contributed by atoms with Gasteiger partial charge in [-0.15, -0.1) is 5.10 Å². The molecule has 0 bridgehead atoms. The second-order valence-corrected chi connectivity index (χ2v) is 5.43. The molecule has 1 aliphatic rings. The fraction of sp³-hybridized carbons (Fsp3) is 0.800. The van der Waals surface area contributed by atoms with Crippen LogP contribution in [0.5, 0.6) is 0 Å². The summed E-state index contributed by atoms with van der Waals surface area (Å²) in [4.78, 5) is 4.66. The third-order valence-corrected chi connectivity index (χ3v) is 3.82. The Bertz CT molecular complexity index is 433. The molecule has 1 aromatic rings. The minimum absolute atomic E-state index is 0.172. The second-order valence-electron chi connectivity index (χ2n) is 5.04. The average molecular weight is 241 g/mol. The number of aromatic nitrogens is 3. The predicted octanol–water partition coefficient (Wildman–Crippen LogP) is 1.01. The Morgan fingerprint density at radius 2 is 2.00 bits per heavy atom. The second kappa shape index (κ2) is 3.85. The van der Waals surface area contributed by atoms with Crippen LogP contribution in [0.25, 0.3) is 0 Å². The summed E-state index contributed by atoms with van der Waals surface area (Å²) in [5.41, 5.74) is 0.172. The molecule has 0 amide bonds. The van der Waals surface area contributed by atoms with Crippen molar-refractivity contribution in [2.45, 2.75) is 19.4 Å². The lowest BCUT2D eigenvalue weighted by molar-refractivity contribution is 0.137. The first kappa shape index (κ1) is 11.6. The lowest BCUT2D eigenvalue weighted by atomic mass is 10.0. The number of anilines is 1. The Morgan fingerprint density at radius 1 is 1.31 bits per heavy atom. The van der Waals surface area contributed by atoms with Gasteiger partial charge in [0, 0.05) is 32.2 Å². The van der Waals surface area contributed by atoms with E-state index in [0.29, 0.717) is 4.77 Å². The molecule has 0 saturated carbocycles. The summed E-state index contributed by atoms with van der Waals surface area (Å²) in [5.74, 6) is 0.936. The molecule has 90 valence electrons. The maximum absolute atomic E-state index is 5.13. The Labute approximate surface area is 101 Å². The minimum Gasteiger partial charge on any atom is -0.338 e. The van der Waals surface area contributed by atoms with Gasteiger partial charge < -0.3 is 4.90 Å². The molecule has 0 spiro atoms. The first-order valence-corrected chi connectivity index (χ1v) is 5.90. The molecule has 0 aliphatic carbocycles. The summed E-state index contributed by atoms with van der Waals surface area (Å²) in [6.07, 6.45) is 0. The van der Waals surface area contributed by atoms with E-state index in [9.17, 15) is 0 Å². The smallest absolute Gasteiger partial charge is 0.225 e. The fourth-order valence-electron chi connectivity index (χ4n) is 2.03. The van der Waals surface area contributed by atoms with Crippen molar-refractivity contribution in [1.29, 1.82) is 0 Å². The van der Waals surface area contributed by atoms with Crippen molar-refractivity contribution >= 4 is 18.2 Å². The van der Waals surface area contributed by atoms with Gasteiger partial charge in [0.05, 0.1) is 0 Å². The van der Waals surface area contributed by atoms with Gasteiger partial charge in [0.15, 0.2) is 4.77 Å². The molecular formula is C10H19N5S. The van der Waals surface area contributed by atoms with Crippen molar-refractivity contribution in [3.63, 3.8) is 0 Å². The SMILES string of the molecule is CN1CCN(c2n[nH]c(=S)n2C)CC1(C)C. The summed E-state index contributed by atoms with van der Waals surface area (Å²) < 4.78 is 2.60. The highest BCUT2D eigenvalue weighted by Gasteiger charge is 2.32. The Hall–Kier alpha value is -0.880. The van der Waals surface area contributed by atoms with Gasteiger partial charge in [-0.05, 0) is 33.1 Å². The predicted molar refractivity (Wildman–Crippen MR) is 67.3 cm³/mol. The Kier molecular flexibility index (Phi) is 2.79. The summed E-state index contributed by atoms with van der Waals surface area (Å²) in [5, 5.41) is 7.12.